The third-order valence-corrected chi connectivity index (χ3v) is 11.5. The van der Waals surface area contributed by atoms with Crippen LogP contribution in [0, 0.1) is 35.0 Å². The molecule has 3 N–H and O–H groups in total. The third-order valence-electron chi connectivity index (χ3n) is 11.5. The summed E-state index contributed by atoms with van der Waals surface area (Å²) in [4.78, 5) is 39.4. The van der Waals surface area contributed by atoms with Gasteiger partial charge in [0.25, 0.3) is 0 Å². The van der Waals surface area contributed by atoms with E-state index in [0.29, 0.717) is 30.4 Å². The van der Waals surface area contributed by atoms with Gasteiger partial charge in [0.2, 0.25) is 0 Å². The smallest absolute Gasteiger partial charge is 0.308 e. The van der Waals surface area contributed by atoms with Gasteiger partial charge in [-0.2, -0.15) is 0 Å². The number of fused-ring (bicyclic) bond motifs is 5. The number of hydrogen-bond acceptors (Lipinski definition) is 8. The number of esters is 2. The molecule has 4 aliphatic rings. The SMILES string of the molecule is CCCCCCCCCC(=O)O[C@@]12C[C@@H](C)[C@@]3(O)[C@@H](C=C(CO)C[C@]4(O)C(=O)C(C)=C[C@@H]34)[C@@H]1[C@@]2(C)COC(=O)C(C)CC. The van der Waals surface area contributed by atoms with Crippen molar-refractivity contribution in [3.8, 4) is 0 Å². The predicted octanol–water partition coefficient (Wildman–Crippen LogP) is 5.22. The first-order chi connectivity index (χ1) is 20.3. The summed E-state index contributed by atoms with van der Waals surface area (Å²) in [5.41, 5.74) is -4.33. The Balaban J connectivity index is 1.65. The normalized spacial score (nSPS) is 38.6. The molecule has 242 valence electrons. The van der Waals surface area contributed by atoms with Crippen LogP contribution >= 0.6 is 0 Å². The average Bonchev–Trinajstić information content (AvgIpc) is 3.42. The number of rotatable bonds is 14. The zero-order chi connectivity index (χ0) is 31.8. The number of hydrogen-bond donors (Lipinski definition) is 3. The zero-order valence-corrected chi connectivity index (χ0v) is 27.1. The number of carbonyl (C=O) groups excluding carboxylic acids is 3. The van der Waals surface area contributed by atoms with Crippen molar-refractivity contribution >= 4 is 17.7 Å². The lowest BCUT2D eigenvalue weighted by atomic mass is 9.60. The Morgan fingerprint density at radius 1 is 1.07 bits per heavy atom. The van der Waals surface area contributed by atoms with E-state index in [1.807, 2.05) is 27.7 Å². The van der Waals surface area contributed by atoms with Crippen LogP contribution in [0.1, 0.15) is 112 Å². The number of ketones is 1. The zero-order valence-electron chi connectivity index (χ0n) is 27.1. The maximum atomic E-state index is 13.4. The van der Waals surface area contributed by atoms with Crippen molar-refractivity contribution in [3.63, 3.8) is 0 Å². The van der Waals surface area contributed by atoms with Crippen molar-refractivity contribution in [2.45, 2.75) is 129 Å². The summed E-state index contributed by atoms with van der Waals surface area (Å²) in [5, 5.41) is 34.7. The van der Waals surface area contributed by atoms with E-state index >= 15 is 0 Å². The number of ether oxygens (including phenoxy) is 2. The van der Waals surface area contributed by atoms with Crippen molar-refractivity contribution in [1.82, 2.24) is 0 Å². The van der Waals surface area contributed by atoms with E-state index in [-0.39, 0.29) is 37.5 Å². The number of aliphatic hydroxyl groups is 3. The van der Waals surface area contributed by atoms with E-state index in [1.54, 1.807) is 19.1 Å². The Labute approximate surface area is 257 Å². The molecule has 43 heavy (non-hydrogen) atoms. The van der Waals surface area contributed by atoms with Crippen molar-refractivity contribution in [2.75, 3.05) is 13.2 Å². The second kappa shape index (κ2) is 12.8. The monoisotopic (exact) mass is 602 g/mol. The molecule has 0 amide bonds. The summed E-state index contributed by atoms with van der Waals surface area (Å²) in [7, 11) is 0. The van der Waals surface area contributed by atoms with Gasteiger partial charge in [-0.3, -0.25) is 14.4 Å². The highest BCUT2D eigenvalue weighted by molar-refractivity contribution is 6.04. The molecule has 0 aromatic heterocycles. The van der Waals surface area contributed by atoms with Gasteiger partial charge in [0.05, 0.1) is 18.1 Å². The van der Waals surface area contributed by atoms with Gasteiger partial charge in [0, 0.05) is 36.0 Å². The highest BCUT2D eigenvalue weighted by Crippen LogP contribution is 2.76. The minimum Gasteiger partial charge on any atom is -0.465 e. The third kappa shape index (κ3) is 5.65. The minimum absolute atomic E-state index is 0.0237. The van der Waals surface area contributed by atoms with Gasteiger partial charge >= 0.3 is 11.9 Å². The van der Waals surface area contributed by atoms with Gasteiger partial charge < -0.3 is 24.8 Å². The van der Waals surface area contributed by atoms with Crippen LogP contribution in [0.25, 0.3) is 0 Å². The van der Waals surface area contributed by atoms with Gasteiger partial charge in [-0.05, 0) is 43.3 Å². The standard InChI is InChI=1S/C35H54O8/c1-7-9-10-11-12-13-14-15-28(37)43-34-18-24(5)35(41)26(29(34)32(34,6)21-42-31(39)22(3)8-2)17-25(20-36)19-33(40)27(35)16-23(4)30(33)38/h16-17,22,24,26-27,29,36,40-41H,7-15,18-21H2,1-6H3/t22?,24-,26+,27-,29-,32-,33-,34+,35-/m1/s1. The van der Waals surface area contributed by atoms with Gasteiger partial charge in [0.1, 0.15) is 17.8 Å². The largest absolute Gasteiger partial charge is 0.465 e. The Hall–Kier alpha value is -2.03. The highest BCUT2D eigenvalue weighted by Gasteiger charge is 2.85. The summed E-state index contributed by atoms with van der Waals surface area (Å²) in [5.74, 6) is -3.77. The average molecular weight is 603 g/mol. The first-order valence-corrected chi connectivity index (χ1v) is 16.6. The van der Waals surface area contributed by atoms with E-state index in [0.717, 1.165) is 25.7 Å². The topological polar surface area (TPSA) is 130 Å². The molecule has 0 bridgehead atoms. The molecule has 0 radical (unpaired) electrons. The lowest BCUT2D eigenvalue weighted by molar-refractivity contribution is -0.187. The molecule has 4 rings (SSSR count). The second-order valence-electron chi connectivity index (χ2n) is 14.3. The van der Waals surface area contributed by atoms with Crippen LogP contribution < -0.4 is 0 Å². The first kappa shape index (κ1) is 33.9. The first-order valence-electron chi connectivity index (χ1n) is 16.6. The van der Waals surface area contributed by atoms with E-state index < -0.39 is 51.7 Å². The van der Waals surface area contributed by atoms with E-state index in [1.165, 1.54) is 19.3 Å². The van der Waals surface area contributed by atoms with Crippen molar-refractivity contribution in [1.29, 1.82) is 0 Å². The molecule has 0 spiro atoms. The fourth-order valence-corrected chi connectivity index (χ4v) is 8.63. The van der Waals surface area contributed by atoms with Crippen LogP contribution in [0.4, 0.5) is 0 Å². The maximum absolute atomic E-state index is 13.4. The number of unbranched alkanes of at least 4 members (excludes halogenated alkanes) is 6. The summed E-state index contributed by atoms with van der Waals surface area (Å²) >= 11 is 0. The summed E-state index contributed by atoms with van der Waals surface area (Å²) < 4.78 is 12.2. The van der Waals surface area contributed by atoms with E-state index in [4.69, 9.17) is 9.47 Å². The summed E-state index contributed by atoms with van der Waals surface area (Å²) in [6.07, 6.45) is 12.2. The van der Waals surface area contributed by atoms with Crippen LogP contribution in [0.2, 0.25) is 0 Å². The molecule has 2 saturated carbocycles. The molecule has 0 heterocycles. The fourth-order valence-electron chi connectivity index (χ4n) is 8.63. The second-order valence-corrected chi connectivity index (χ2v) is 14.3. The lowest BCUT2D eigenvalue weighted by Gasteiger charge is -2.50. The molecule has 4 aliphatic carbocycles. The summed E-state index contributed by atoms with van der Waals surface area (Å²) in [6.45, 7) is 11.1. The Kier molecular flexibility index (Phi) is 10.0. The predicted molar refractivity (Wildman–Crippen MR) is 163 cm³/mol. The Bertz CT molecular complexity index is 1140. The Morgan fingerprint density at radius 3 is 2.35 bits per heavy atom. The van der Waals surface area contributed by atoms with Gasteiger partial charge in [-0.1, -0.05) is 85.3 Å². The molecule has 0 aromatic carbocycles. The van der Waals surface area contributed by atoms with Crippen molar-refractivity contribution < 1.29 is 39.2 Å². The highest BCUT2D eigenvalue weighted by atomic mass is 16.6. The quantitative estimate of drug-likeness (QED) is 0.140. The van der Waals surface area contributed by atoms with Gasteiger partial charge in [-0.15, -0.1) is 0 Å². The molecule has 1 unspecified atom stereocenters. The molecule has 0 aromatic rings. The molecule has 8 heteroatoms. The summed E-state index contributed by atoms with van der Waals surface area (Å²) in [6, 6.07) is 0. The fraction of sp³-hybridized carbons (Fsp3) is 0.800. The molecular weight excluding hydrogens is 548 g/mol. The van der Waals surface area contributed by atoms with Gasteiger partial charge in [-0.25, -0.2) is 0 Å². The molecule has 8 nitrogen and oxygen atoms in total. The molecular formula is C35H54O8. The Morgan fingerprint density at radius 2 is 1.72 bits per heavy atom. The minimum atomic E-state index is -1.86. The van der Waals surface area contributed by atoms with Crippen molar-refractivity contribution in [3.05, 3.63) is 23.3 Å². The van der Waals surface area contributed by atoms with Crippen LogP contribution in [-0.2, 0) is 23.9 Å². The van der Waals surface area contributed by atoms with Gasteiger partial charge in [0.15, 0.2) is 5.78 Å². The molecule has 9 atom stereocenters. The molecule has 2 fully saturated rings. The van der Waals surface area contributed by atoms with Crippen LogP contribution in [0.3, 0.4) is 0 Å². The van der Waals surface area contributed by atoms with E-state index in [2.05, 4.69) is 6.92 Å². The van der Waals surface area contributed by atoms with Crippen molar-refractivity contribution in [2.24, 2.45) is 35.0 Å². The number of carbonyl (C=O) groups is 3. The van der Waals surface area contributed by atoms with Crippen LogP contribution in [0.5, 0.6) is 0 Å². The molecule has 0 aliphatic heterocycles. The van der Waals surface area contributed by atoms with Crippen LogP contribution in [0.15, 0.2) is 23.3 Å². The van der Waals surface area contributed by atoms with E-state index in [9.17, 15) is 29.7 Å². The number of Topliss-reactive ketones (excluding diaryl/α,β-unsaturated/α-hetero) is 1. The maximum Gasteiger partial charge on any atom is 0.308 e. The van der Waals surface area contributed by atoms with Crippen LogP contribution in [-0.4, -0.2) is 63.1 Å². The number of aliphatic hydroxyl groups excluding tert-OH is 1. The molecule has 0 saturated heterocycles. The lowest BCUT2D eigenvalue weighted by Crippen LogP contribution is -2.61.